The second kappa shape index (κ2) is 8.42. The van der Waals surface area contributed by atoms with Gasteiger partial charge in [0.05, 0.1) is 0 Å². The van der Waals surface area contributed by atoms with Crippen LogP contribution in [0.25, 0.3) is 0 Å². The molecule has 1 aromatic rings. The Balaban J connectivity index is 2.11. The molecule has 106 valence electrons. The Bertz CT molecular complexity index is 404. The van der Waals surface area contributed by atoms with E-state index >= 15 is 0 Å². The van der Waals surface area contributed by atoms with Gasteiger partial charge >= 0.3 is 0 Å². The molecule has 0 aromatic heterocycles. The standard InChI is InChI=1S/C13H19F2N3O/c14-11-7-10(8-12(15)9-11)4-6-17-5-2-1-3-13(16)18-19/h7-9,17,19H,1-6H2,(H2,16,18). The molecule has 0 amide bonds. The summed E-state index contributed by atoms with van der Waals surface area (Å²) < 4.78 is 25.8. The lowest BCUT2D eigenvalue weighted by molar-refractivity contribution is 0.316. The van der Waals surface area contributed by atoms with Gasteiger partial charge in [-0.3, -0.25) is 0 Å². The summed E-state index contributed by atoms with van der Waals surface area (Å²) in [5, 5.41) is 14.4. The molecule has 0 bridgehead atoms. The summed E-state index contributed by atoms with van der Waals surface area (Å²) in [6.07, 6.45) is 2.87. The minimum absolute atomic E-state index is 0.232. The largest absolute Gasteiger partial charge is 0.409 e. The molecule has 1 rings (SSSR count). The fraction of sp³-hybridized carbons (Fsp3) is 0.462. The molecule has 0 spiro atoms. The highest BCUT2D eigenvalue weighted by Crippen LogP contribution is 2.08. The second-order valence-electron chi connectivity index (χ2n) is 4.33. The van der Waals surface area contributed by atoms with E-state index in [9.17, 15) is 8.78 Å². The lowest BCUT2D eigenvalue weighted by atomic mass is 10.1. The van der Waals surface area contributed by atoms with Gasteiger partial charge in [-0.25, -0.2) is 8.78 Å². The lowest BCUT2D eigenvalue weighted by Crippen LogP contribution is -2.19. The van der Waals surface area contributed by atoms with Gasteiger partial charge < -0.3 is 16.3 Å². The first kappa shape index (κ1) is 15.4. The van der Waals surface area contributed by atoms with E-state index in [2.05, 4.69) is 10.5 Å². The van der Waals surface area contributed by atoms with E-state index in [4.69, 9.17) is 10.9 Å². The van der Waals surface area contributed by atoms with Crippen LogP contribution >= 0.6 is 0 Å². The Hall–Kier alpha value is -1.69. The summed E-state index contributed by atoms with van der Waals surface area (Å²) in [5.74, 6) is -0.863. The molecule has 4 N–H and O–H groups in total. The average Bonchev–Trinajstić information content (AvgIpc) is 2.36. The Kier molecular flexibility index (Phi) is 6.81. The molecule has 0 heterocycles. The predicted molar refractivity (Wildman–Crippen MR) is 70.2 cm³/mol. The summed E-state index contributed by atoms with van der Waals surface area (Å²) in [6, 6.07) is 3.54. The van der Waals surface area contributed by atoms with Crippen molar-refractivity contribution in [1.82, 2.24) is 5.32 Å². The zero-order chi connectivity index (χ0) is 14.1. The van der Waals surface area contributed by atoms with Crippen molar-refractivity contribution in [2.24, 2.45) is 10.9 Å². The fourth-order valence-corrected chi connectivity index (χ4v) is 1.72. The highest BCUT2D eigenvalue weighted by Gasteiger charge is 2.00. The molecular formula is C13H19F2N3O. The van der Waals surface area contributed by atoms with Crippen LogP contribution in [0.4, 0.5) is 8.78 Å². The van der Waals surface area contributed by atoms with Crippen molar-refractivity contribution in [2.45, 2.75) is 25.7 Å². The molecule has 0 aliphatic heterocycles. The summed E-state index contributed by atoms with van der Waals surface area (Å²) >= 11 is 0. The van der Waals surface area contributed by atoms with Gasteiger partial charge in [0.1, 0.15) is 17.5 Å². The molecule has 0 atom stereocenters. The fourth-order valence-electron chi connectivity index (χ4n) is 1.72. The first-order valence-corrected chi connectivity index (χ1v) is 6.24. The van der Waals surface area contributed by atoms with E-state index in [1.54, 1.807) is 0 Å². The van der Waals surface area contributed by atoms with E-state index in [1.165, 1.54) is 12.1 Å². The van der Waals surface area contributed by atoms with Crippen LogP contribution < -0.4 is 11.1 Å². The van der Waals surface area contributed by atoms with Gasteiger partial charge in [0.25, 0.3) is 0 Å². The highest BCUT2D eigenvalue weighted by atomic mass is 19.1. The third-order valence-corrected chi connectivity index (χ3v) is 2.68. The van der Waals surface area contributed by atoms with Gasteiger partial charge in [0.2, 0.25) is 0 Å². The van der Waals surface area contributed by atoms with Gasteiger partial charge in [-0.15, -0.1) is 0 Å². The topological polar surface area (TPSA) is 70.6 Å². The van der Waals surface area contributed by atoms with Crippen LogP contribution in [0.2, 0.25) is 0 Å². The molecule has 1 aromatic carbocycles. The highest BCUT2D eigenvalue weighted by molar-refractivity contribution is 5.79. The molecule has 0 unspecified atom stereocenters. The molecule has 19 heavy (non-hydrogen) atoms. The molecule has 0 fully saturated rings. The molecule has 4 nitrogen and oxygen atoms in total. The summed E-state index contributed by atoms with van der Waals surface area (Å²) in [6.45, 7) is 1.45. The zero-order valence-corrected chi connectivity index (χ0v) is 10.7. The molecule has 6 heteroatoms. The van der Waals surface area contributed by atoms with Gasteiger partial charge in [-0.1, -0.05) is 5.16 Å². The summed E-state index contributed by atoms with van der Waals surface area (Å²) in [4.78, 5) is 0. The summed E-state index contributed by atoms with van der Waals surface area (Å²) in [7, 11) is 0. The van der Waals surface area contributed by atoms with Crippen LogP contribution in [0.3, 0.4) is 0 Å². The van der Waals surface area contributed by atoms with Gasteiger partial charge in [-0.05, 0) is 50.0 Å². The maximum absolute atomic E-state index is 12.9. The number of nitrogens with zero attached hydrogens (tertiary/aromatic N) is 1. The number of oxime groups is 1. The number of rotatable bonds is 8. The average molecular weight is 271 g/mol. The summed E-state index contributed by atoms with van der Waals surface area (Å²) in [5.41, 5.74) is 5.97. The van der Waals surface area contributed by atoms with Crippen LogP contribution in [0, 0.1) is 11.6 Å². The number of nitrogens with two attached hydrogens (primary N) is 1. The van der Waals surface area contributed by atoms with Crippen LogP contribution in [0.5, 0.6) is 0 Å². The van der Waals surface area contributed by atoms with Gasteiger partial charge in [0, 0.05) is 12.5 Å². The number of nitrogens with one attached hydrogen (secondary N) is 1. The molecule has 0 saturated carbocycles. The second-order valence-corrected chi connectivity index (χ2v) is 4.33. The quantitative estimate of drug-likeness (QED) is 0.223. The van der Waals surface area contributed by atoms with Gasteiger partial charge in [0.15, 0.2) is 0 Å². The van der Waals surface area contributed by atoms with Crippen molar-refractivity contribution in [2.75, 3.05) is 13.1 Å². The minimum atomic E-state index is -0.547. The molecular weight excluding hydrogens is 252 g/mol. The lowest BCUT2D eigenvalue weighted by Gasteiger charge is -2.05. The molecule has 0 aliphatic carbocycles. The van der Waals surface area contributed by atoms with E-state index in [-0.39, 0.29) is 5.84 Å². The number of hydrogen-bond donors (Lipinski definition) is 3. The maximum atomic E-state index is 12.9. The van der Waals surface area contributed by atoms with Crippen molar-refractivity contribution in [3.05, 3.63) is 35.4 Å². The molecule has 0 aliphatic rings. The molecule has 0 saturated heterocycles. The van der Waals surface area contributed by atoms with Crippen molar-refractivity contribution < 1.29 is 14.0 Å². The Labute approximate surface area is 111 Å². The number of benzene rings is 1. The predicted octanol–water partition coefficient (Wildman–Crippen LogP) is 2.01. The normalized spacial score (nSPS) is 11.8. The smallest absolute Gasteiger partial charge is 0.139 e. The van der Waals surface area contributed by atoms with Crippen LogP contribution in [0.15, 0.2) is 23.4 Å². The van der Waals surface area contributed by atoms with Crippen molar-refractivity contribution in [3.63, 3.8) is 0 Å². The zero-order valence-electron chi connectivity index (χ0n) is 10.7. The first-order chi connectivity index (χ1) is 9.11. The minimum Gasteiger partial charge on any atom is -0.409 e. The first-order valence-electron chi connectivity index (χ1n) is 6.24. The Morgan fingerprint density at radius 2 is 1.84 bits per heavy atom. The molecule has 0 radical (unpaired) electrons. The third kappa shape index (κ3) is 6.71. The van der Waals surface area contributed by atoms with Crippen LogP contribution in [0.1, 0.15) is 24.8 Å². The van der Waals surface area contributed by atoms with Gasteiger partial charge in [-0.2, -0.15) is 0 Å². The van der Waals surface area contributed by atoms with Crippen molar-refractivity contribution in [3.8, 4) is 0 Å². The number of halogens is 2. The van der Waals surface area contributed by atoms with Crippen molar-refractivity contribution in [1.29, 1.82) is 0 Å². The van der Waals surface area contributed by atoms with Crippen LogP contribution in [-0.4, -0.2) is 24.1 Å². The van der Waals surface area contributed by atoms with E-state index in [1.807, 2.05) is 0 Å². The van der Waals surface area contributed by atoms with E-state index in [0.29, 0.717) is 24.9 Å². The third-order valence-electron chi connectivity index (χ3n) is 2.68. The Morgan fingerprint density at radius 3 is 2.47 bits per heavy atom. The SMILES string of the molecule is NC(CCCCNCCc1cc(F)cc(F)c1)=NO. The van der Waals surface area contributed by atoms with Crippen molar-refractivity contribution >= 4 is 5.84 Å². The van der Waals surface area contributed by atoms with E-state index < -0.39 is 11.6 Å². The maximum Gasteiger partial charge on any atom is 0.139 e. The Morgan fingerprint density at radius 1 is 1.16 bits per heavy atom. The van der Waals surface area contributed by atoms with Crippen LogP contribution in [-0.2, 0) is 6.42 Å². The van der Waals surface area contributed by atoms with E-state index in [0.717, 1.165) is 25.5 Å². The number of hydrogen-bond acceptors (Lipinski definition) is 3. The number of unbranched alkanes of at least 4 members (excludes halogenated alkanes) is 1. The number of amidine groups is 1. The monoisotopic (exact) mass is 271 g/mol.